The standard InChI is InChI=1S/C14H15FN2S/c1-9-14(10-3-2-4-11(15)7-10)18-13(17-9)8-16-12-5-6-12/h2-4,7,12,16H,5-6,8H2,1H3. The first-order valence-corrected chi connectivity index (χ1v) is 6.99. The molecule has 0 aliphatic heterocycles. The van der Waals surface area contributed by atoms with Gasteiger partial charge < -0.3 is 5.32 Å². The highest BCUT2D eigenvalue weighted by Gasteiger charge is 2.21. The molecule has 0 unspecified atom stereocenters. The molecule has 0 atom stereocenters. The minimum Gasteiger partial charge on any atom is -0.308 e. The molecule has 3 rings (SSSR count). The van der Waals surface area contributed by atoms with E-state index in [1.54, 1.807) is 23.5 Å². The predicted molar refractivity (Wildman–Crippen MR) is 72.1 cm³/mol. The van der Waals surface area contributed by atoms with Gasteiger partial charge >= 0.3 is 0 Å². The third kappa shape index (κ3) is 2.60. The van der Waals surface area contributed by atoms with Crippen molar-refractivity contribution >= 4 is 11.3 Å². The Kier molecular flexibility index (Phi) is 3.14. The fourth-order valence-electron chi connectivity index (χ4n) is 1.94. The Morgan fingerprint density at radius 1 is 1.44 bits per heavy atom. The highest BCUT2D eigenvalue weighted by Crippen LogP contribution is 2.30. The number of rotatable bonds is 4. The molecule has 2 aromatic rings. The van der Waals surface area contributed by atoms with Crippen LogP contribution in [0.1, 0.15) is 23.5 Å². The second kappa shape index (κ2) is 4.78. The van der Waals surface area contributed by atoms with E-state index in [-0.39, 0.29) is 5.82 Å². The Labute approximate surface area is 110 Å². The normalized spacial score (nSPS) is 15.0. The summed E-state index contributed by atoms with van der Waals surface area (Å²) in [5.74, 6) is -0.196. The van der Waals surface area contributed by atoms with Gasteiger partial charge in [0.2, 0.25) is 0 Å². The van der Waals surface area contributed by atoms with Crippen LogP contribution in [0.3, 0.4) is 0 Å². The van der Waals surface area contributed by atoms with Crippen LogP contribution in [0.4, 0.5) is 4.39 Å². The van der Waals surface area contributed by atoms with Crippen LogP contribution in [0.5, 0.6) is 0 Å². The van der Waals surface area contributed by atoms with E-state index >= 15 is 0 Å². The second-order valence-electron chi connectivity index (χ2n) is 4.69. The first-order valence-electron chi connectivity index (χ1n) is 6.18. The SMILES string of the molecule is Cc1nc(CNC2CC2)sc1-c1cccc(F)c1. The van der Waals surface area contributed by atoms with Crippen molar-refractivity contribution in [2.24, 2.45) is 0 Å². The molecule has 1 heterocycles. The maximum atomic E-state index is 13.2. The first kappa shape index (κ1) is 11.8. The van der Waals surface area contributed by atoms with Crippen molar-refractivity contribution in [2.75, 3.05) is 0 Å². The third-order valence-electron chi connectivity index (χ3n) is 3.05. The van der Waals surface area contributed by atoms with Crippen molar-refractivity contribution in [1.29, 1.82) is 0 Å². The summed E-state index contributed by atoms with van der Waals surface area (Å²) >= 11 is 1.65. The lowest BCUT2D eigenvalue weighted by atomic mass is 10.1. The van der Waals surface area contributed by atoms with Gasteiger partial charge in [-0.2, -0.15) is 0 Å². The quantitative estimate of drug-likeness (QED) is 0.912. The van der Waals surface area contributed by atoms with Crippen LogP contribution in [0.15, 0.2) is 24.3 Å². The molecule has 1 saturated carbocycles. The van der Waals surface area contributed by atoms with Gasteiger partial charge in [0.1, 0.15) is 10.8 Å². The highest BCUT2D eigenvalue weighted by atomic mass is 32.1. The zero-order valence-electron chi connectivity index (χ0n) is 10.2. The Morgan fingerprint density at radius 3 is 3.00 bits per heavy atom. The van der Waals surface area contributed by atoms with E-state index in [2.05, 4.69) is 10.3 Å². The fourth-order valence-corrected chi connectivity index (χ4v) is 2.96. The molecule has 1 aromatic carbocycles. The summed E-state index contributed by atoms with van der Waals surface area (Å²) in [6.07, 6.45) is 2.56. The van der Waals surface area contributed by atoms with Crippen LogP contribution in [-0.2, 0) is 6.54 Å². The van der Waals surface area contributed by atoms with Crippen LogP contribution in [0.25, 0.3) is 10.4 Å². The molecule has 0 bridgehead atoms. The molecule has 0 radical (unpaired) electrons. The summed E-state index contributed by atoms with van der Waals surface area (Å²) in [4.78, 5) is 5.62. The minimum atomic E-state index is -0.196. The summed E-state index contributed by atoms with van der Waals surface area (Å²) in [5.41, 5.74) is 1.90. The van der Waals surface area contributed by atoms with Gasteiger partial charge in [-0.15, -0.1) is 11.3 Å². The number of thiazole rings is 1. The van der Waals surface area contributed by atoms with Gasteiger partial charge in [0, 0.05) is 12.6 Å². The van der Waals surface area contributed by atoms with Crippen LogP contribution in [0, 0.1) is 12.7 Å². The van der Waals surface area contributed by atoms with Crippen LogP contribution < -0.4 is 5.32 Å². The maximum absolute atomic E-state index is 13.2. The predicted octanol–water partition coefficient (Wildman–Crippen LogP) is 3.51. The van der Waals surface area contributed by atoms with Gasteiger partial charge in [-0.3, -0.25) is 0 Å². The number of halogens is 1. The van der Waals surface area contributed by atoms with Gasteiger partial charge in [-0.25, -0.2) is 9.37 Å². The van der Waals surface area contributed by atoms with Crippen LogP contribution in [0.2, 0.25) is 0 Å². The largest absolute Gasteiger partial charge is 0.308 e. The van der Waals surface area contributed by atoms with Crippen molar-refractivity contribution in [3.63, 3.8) is 0 Å². The summed E-state index contributed by atoms with van der Waals surface area (Å²) in [6, 6.07) is 7.40. The van der Waals surface area contributed by atoms with Crippen molar-refractivity contribution in [3.05, 3.63) is 40.8 Å². The highest BCUT2D eigenvalue weighted by molar-refractivity contribution is 7.15. The Morgan fingerprint density at radius 2 is 2.28 bits per heavy atom. The van der Waals surface area contributed by atoms with E-state index in [1.165, 1.54) is 18.9 Å². The smallest absolute Gasteiger partial charge is 0.123 e. The molecule has 1 aromatic heterocycles. The molecule has 1 aliphatic carbocycles. The van der Waals surface area contributed by atoms with Crippen LogP contribution >= 0.6 is 11.3 Å². The molecule has 0 amide bonds. The molecule has 0 saturated heterocycles. The minimum absolute atomic E-state index is 0.196. The second-order valence-corrected chi connectivity index (χ2v) is 5.77. The molecule has 0 spiro atoms. The lowest BCUT2D eigenvalue weighted by Gasteiger charge is -1.98. The summed E-state index contributed by atoms with van der Waals surface area (Å²) in [5, 5.41) is 4.53. The maximum Gasteiger partial charge on any atom is 0.123 e. The van der Waals surface area contributed by atoms with Crippen molar-refractivity contribution in [3.8, 4) is 10.4 Å². The molecule has 4 heteroatoms. The van der Waals surface area contributed by atoms with E-state index in [4.69, 9.17) is 0 Å². The summed E-state index contributed by atoms with van der Waals surface area (Å²) in [6.45, 7) is 2.81. The number of aromatic nitrogens is 1. The first-order chi connectivity index (χ1) is 8.72. The lowest BCUT2D eigenvalue weighted by Crippen LogP contribution is -2.14. The monoisotopic (exact) mass is 262 g/mol. The average Bonchev–Trinajstić information content (AvgIpc) is 3.10. The Balaban J connectivity index is 1.82. The molecule has 1 fully saturated rings. The van der Waals surface area contributed by atoms with E-state index in [9.17, 15) is 4.39 Å². The molecule has 18 heavy (non-hydrogen) atoms. The van der Waals surface area contributed by atoms with Crippen molar-refractivity contribution < 1.29 is 4.39 Å². The lowest BCUT2D eigenvalue weighted by molar-refractivity contribution is 0.628. The molecule has 1 N–H and O–H groups in total. The zero-order valence-corrected chi connectivity index (χ0v) is 11.1. The molecule has 2 nitrogen and oxygen atoms in total. The molecule has 1 aliphatic rings. The number of aryl methyl sites for hydroxylation is 1. The fraction of sp³-hybridized carbons (Fsp3) is 0.357. The Hall–Kier alpha value is -1.26. The summed E-state index contributed by atoms with van der Waals surface area (Å²) in [7, 11) is 0. The van der Waals surface area contributed by atoms with Gasteiger partial charge in [0.05, 0.1) is 10.6 Å². The molecular formula is C14H15FN2S. The van der Waals surface area contributed by atoms with E-state index < -0.39 is 0 Å². The number of benzene rings is 1. The zero-order chi connectivity index (χ0) is 12.5. The third-order valence-corrected chi connectivity index (χ3v) is 4.25. The van der Waals surface area contributed by atoms with Gasteiger partial charge in [0.25, 0.3) is 0 Å². The van der Waals surface area contributed by atoms with Crippen molar-refractivity contribution in [1.82, 2.24) is 10.3 Å². The Bertz CT molecular complexity index is 561. The van der Waals surface area contributed by atoms with Gasteiger partial charge in [-0.05, 0) is 37.5 Å². The van der Waals surface area contributed by atoms with Gasteiger partial charge in [0.15, 0.2) is 0 Å². The topological polar surface area (TPSA) is 24.9 Å². The molecular weight excluding hydrogens is 247 g/mol. The van der Waals surface area contributed by atoms with Gasteiger partial charge in [-0.1, -0.05) is 12.1 Å². The van der Waals surface area contributed by atoms with Crippen LogP contribution in [-0.4, -0.2) is 11.0 Å². The number of hydrogen-bond acceptors (Lipinski definition) is 3. The number of hydrogen-bond donors (Lipinski definition) is 1. The van der Waals surface area contributed by atoms with E-state index in [0.717, 1.165) is 27.7 Å². The average molecular weight is 262 g/mol. The number of nitrogens with one attached hydrogen (secondary N) is 1. The number of nitrogens with zero attached hydrogens (tertiary/aromatic N) is 1. The van der Waals surface area contributed by atoms with Crippen molar-refractivity contribution in [2.45, 2.75) is 32.4 Å². The van der Waals surface area contributed by atoms with E-state index in [1.807, 2.05) is 13.0 Å². The molecule has 94 valence electrons. The van der Waals surface area contributed by atoms with E-state index in [0.29, 0.717) is 6.04 Å². The summed E-state index contributed by atoms with van der Waals surface area (Å²) < 4.78 is 13.2.